The van der Waals surface area contributed by atoms with E-state index >= 15 is 0 Å². The zero-order chi connectivity index (χ0) is 8.81. The van der Waals surface area contributed by atoms with E-state index < -0.39 is 0 Å². The fraction of sp³-hybridized carbons (Fsp3) is 0.300. The maximum atomic E-state index is 10.3. The van der Waals surface area contributed by atoms with E-state index in [1.807, 2.05) is 37.4 Å². The first kappa shape index (κ1) is 8.94. The predicted molar refractivity (Wildman–Crippen MR) is 48.9 cm³/mol. The van der Waals surface area contributed by atoms with Gasteiger partial charge in [0.1, 0.15) is 6.29 Å². The molecular formula is C10H13NO. The van der Waals surface area contributed by atoms with Crippen molar-refractivity contribution in [3.63, 3.8) is 0 Å². The van der Waals surface area contributed by atoms with Crippen molar-refractivity contribution in [1.29, 1.82) is 0 Å². The van der Waals surface area contributed by atoms with Gasteiger partial charge in [-0.05, 0) is 12.6 Å². The Kier molecular flexibility index (Phi) is 3.48. The number of carbonyl (C=O) groups excluding carboxylic acids is 1. The van der Waals surface area contributed by atoms with Crippen LogP contribution in [0.5, 0.6) is 0 Å². The topological polar surface area (TPSA) is 29.1 Å². The second kappa shape index (κ2) is 4.67. The summed E-state index contributed by atoms with van der Waals surface area (Å²) in [7, 11) is 1.86. The van der Waals surface area contributed by atoms with Crippen LogP contribution in [0.15, 0.2) is 30.3 Å². The summed E-state index contributed by atoms with van der Waals surface area (Å²) in [6.07, 6.45) is 1.47. The van der Waals surface area contributed by atoms with Crippen molar-refractivity contribution < 1.29 is 4.79 Å². The van der Waals surface area contributed by atoms with Gasteiger partial charge in [-0.1, -0.05) is 30.3 Å². The number of aldehydes is 1. The number of hydrogen-bond donors (Lipinski definition) is 1. The molecular weight excluding hydrogens is 150 g/mol. The number of hydrogen-bond acceptors (Lipinski definition) is 2. The van der Waals surface area contributed by atoms with E-state index in [2.05, 4.69) is 5.32 Å². The van der Waals surface area contributed by atoms with Crippen LogP contribution in [0.25, 0.3) is 0 Å². The van der Waals surface area contributed by atoms with Crippen molar-refractivity contribution in [1.82, 2.24) is 5.32 Å². The summed E-state index contributed by atoms with van der Waals surface area (Å²) in [5.41, 5.74) is 1.16. The van der Waals surface area contributed by atoms with E-state index in [4.69, 9.17) is 0 Å². The zero-order valence-electron chi connectivity index (χ0n) is 7.16. The lowest BCUT2D eigenvalue weighted by Gasteiger charge is -2.12. The molecule has 0 amide bonds. The molecule has 0 saturated carbocycles. The van der Waals surface area contributed by atoms with Crippen molar-refractivity contribution in [2.75, 3.05) is 7.05 Å². The molecule has 1 aromatic rings. The summed E-state index contributed by atoms with van der Waals surface area (Å²) >= 11 is 0. The van der Waals surface area contributed by atoms with E-state index in [-0.39, 0.29) is 6.04 Å². The smallest absolute Gasteiger partial charge is 0.121 e. The molecule has 0 aliphatic carbocycles. The van der Waals surface area contributed by atoms with Gasteiger partial charge in [0.2, 0.25) is 0 Å². The molecule has 0 saturated heterocycles. The highest BCUT2D eigenvalue weighted by molar-refractivity contribution is 5.51. The third kappa shape index (κ3) is 2.17. The molecule has 1 N–H and O–H groups in total. The minimum absolute atomic E-state index is 0.156. The van der Waals surface area contributed by atoms with E-state index in [0.29, 0.717) is 6.42 Å². The highest BCUT2D eigenvalue weighted by Gasteiger charge is 2.05. The predicted octanol–water partition coefficient (Wildman–Crippen LogP) is 1.54. The summed E-state index contributed by atoms with van der Waals surface area (Å²) in [5, 5.41) is 3.09. The molecule has 0 radical (unpaired) electrons. The summed E-state index contributed by atoms with van der Waals surface area (Å²) < 4.78 is 0. The Morgan fingerprint density at radius 3 is 2.58 bits per heavy atom. The molecule has 12 heavy (non-hydrogen) atoms. The highest BCUT2D eigenvalue weighted by Crippen LogP contribution is 2.13. The third-order valence-corrected chi connectivity index (χ3v) is 1.88. The minimum Gasteiger partial charge on any atom is -0.313 e. The summed E-state index contributed by atoms with van der Waals surface area (Å²) in [6.45, 7) is 0. The van der Waals surface area contributed by atoms with Crippen LogP contribution in [0, 0.1) is 0 Å². The maximum absolute atomic E-state index is 10.3. The summed E-state index contributed by atoms with van der Waals surface area (Å²) in [5.74, 6) is 0. The van der Waals surface area contributed by atoms with Crippen molar-refractivity contribution in [2.45, 2.75) is 12.5 Å². The monoisotopic (exact) mass is 163 g/mol. The minimum atomic E-state index is 0.156. The molecule has 0 aliphatic rings. The van der Waals surface area contributed by atoms with Crippen molar-refractivity contribution in [3.8, 4) is 0 Å². The maximum Gasteiger partial charge on any atom is 0.121 e. The van der Waals surface area contributed by atoms with Crippen LogP contribution < -0.4 is 5.32 Å². The summed E-state index contributed by atoms with van der Waals surface area (Å²) in [6, 6.07) is 10.1. The molecule has 2 nitrogen and oxygen atoms in total. The lowest BCUT2D eigenvalue weighted by Crippen LogP contribution is -2.16. The molecule has 0 bridgehead atoms. The molecule has 1 aromatic carbocycles. The molecule has 1 rings (SSSR count). The van der Waals surface area contributed by atoms with Gasteiger partial charge in [0, 0.05) is 12.5 Å². The van der Waals surface area contributed by atoms with Gasteiger partial charge in [0.25, 0.3) is 0 Å². The van der Waals surface area contributed by atoms with Gasteiger partial charge in [-0.15, -0.1) is 0 Å². The molecule has 0 aromatic heterocycles. The standard InChI is InChI=1S/C10H13NO/c1-11-10(7-8-12)9-5-3-2-4-6-9/h2-6,8,10-11H,7H2,1H3/t10-/m1/s1. The average Bonchev–Trinajstić information content (AvgIpc) is 2.15. The van der Waals surface area contributed by atoms with Crippen molar-refractivity contribution in [2.24, 2.45) is 0 Å². The molecule has 0 unspecified atom stereocenters. The Morgan fingerprint density at radius 1 is 1.42 bits per heavy atom. The fourth-order valence-corrected chi connectivity index (χ4v) is 1.20. The first-order valence-electron chi connectivity index (χ1n) is 4.04. The molecule has 64 valence electrons. The first-order chi connectivity index (χ1) is 5.88. The van der Waals surface area contributed by atoms with Crippen LogP contribution in [0.2, 0.25) is 0 Å². The Hall–Kier alpha value is -1.15. The molecule has 2 heteroatoms. The third-order valence-electron chi connectivity index (χ3n) is 1.88. The molecule has 0 fully saturated rings. The quantitative estimate of drug-likeness (QED) is 0.682. The molecule has 0 heterocycles. The molecule has 0 spiro atoms. The number of carbonyl (C=O) groups is 1. The second-order valence-corrected chi connectivity index (χ2v) is 2.65. The van der Waals surface area contributed by atoms with Gasteiger partial charge in [-0.3, -0.25) is 0 Å². The lowest BCUT2D eigenvalue weighted by atomic mass is 10.1. The normalized spacial score (nSPS) is 12.4. The molecule has 0 aliphatic heterocycles. The number of nitrogens with one attached hydrogen (secondary N) is 1. The van der Waals surface area contributed by atoms with E-state index in [9.17, 15) is 4.79 Å². The van der Waals surface area contributed by atoms with E-state index in [1.165, 1.54) is 0 Å². The van der Waals surface area contributed by atoms with E-state index in [0.717, 1.165) is 11.8 Å². The van der Waals surface area contributed by atoms with Crippen molar-refractivity contribution >= 4 is 6.29 Å². The van der Waals surface area contributed by atoms with Gasteiger partial charge in [0.05, 0.1) is 0 Å². The van der Waals surface area contributed by atoms with Crippen LogP contribution in [-0.4, -0.2) is 13.3 Å². The first-order valence-corrected chi connectivity index (χ1v) is 4.04. The van der Waals surface area contributed by atoms with Gasteiger partial charge in [-0.25, -0.2) is 0 Å². The lowest BCUT2D eigenvalue weighted by molar-refractivity contribution is -0.108. The zero-order valence-corrected chi connectivity index (χ0v) is 7.16. The Morgan fingerprint density at radius 2 is 2.08 bits per heavy atom. The SMILES string of the molecule is CN[C@H](CC=O)c1ccccc1. The Balaban J connectivity index is 2.72. The summed E-state index contributed by atoms with van der Waals surface area (Å²) in [4.78, 5) is 10.3. The number of benzene rings is 1. The highest BCUT2D eigenvalue weighted by atomic mass is 16.1. The van der Waals surface area contributed by atoms with Gasteiger partial charge < -0.3 is 10.1 Å². The van der Waals surface area contributed by atoms with Crippen LogP contribution in [-0.2, 0) is 4.79 Å². The molecule has 1 atom stereocenters. The van der Waals surface area contributed by atoms with Crippen molar-refractivity contribution in [3.05, 3.63) is 35.9 Å². The Labute approximate surface area is 72.6 Å². The van der Waals surface area contributed by atoms with Crippen LogP contribution in [0.3, 0.4) is 0 Å². The average molecular weight is 163 g/mol. The van der Waals surface area contributed by atoms with Crippen LogP contribution in [0.1, 0.15) is 18.0 Å². The van der Waals surface area contributed by atoms with Crippen LogP contribution >= 0.6 is 0 Å². The van der Waals surface area contributed by atoms with Gasteiger partial charge in [-0.2, -0.15) is 0 Å². The van der Waals surface area contributed by atoms with E-state index in [1.54, 1.807) is 0 Å². The van der Waals surface area contributed by atoms with Gasteiger partial charge in [0.15, 0.2) is 0 Å². The second-order valence-electron chi connectivity index (χ2n) is 2.65. The fourth-order valence-electron chi connectivity index (χ4n) is 1.20. The number of rotatable bonds is 4. The van der Waals surface area contributed by atoms with Crippen LogP contribution in [0.4, 0.5) is 0 Å². The van der Waals surface area contributed by atoms with Gasteiger partial charge >= 0.3 is 0 Å². The largest absolute Gasteiger partial charge is 0.313 e. The Bertz CT molecular complexity index is 233.